The van der Waals surface area contributed by atoms with Gasteiger partial charge in [0.25, 0.3) is 5.56 Å². The molecule has 4 aromatic rings. The van der Waals surface area contributed by atoms with Crippen LogP contribution in [-0.2, 0) is 22.6 Å². The molecule has 2 aliphatic heterocycles. The average molecular weight is 521 g/mol. The molecule has 194 valence electrons. The van der Waals surface area contributed by atoms with E-state index in [1.54, 1.807) is 11.3 Å². The molecule has 2 aliphatic rings. The minimum absolute atomic E-state index is 0.0735. The number of nitrogens with zero attached hydrogens (tertiary/aromatic N) is 5. The van der Waals surface area contributed by atoms with Crippen molar-refractivity contribution in [1.29, 1.82) is 0 Å². The van der Waals surface area contributed by atoms with Crippen molar-refractivity contribution in [2.75, 3.05) is 19.8 Å². The quantitative estimate of drug-likeness (QED) is 0.358. The number of aryl methyl sites for hydroxylation is 1. The molecule has 2 fully saturated rings. The van der Waals surface area contributed by atoms with E-state index in [1.807, 2.05) is 22.9 Å². The third kappa shape index (κ3) is 5.38. The summed E-state index contributed by atoms with van der Waals surface area (Å²) in [5.41, 5.74) is 2.47. The fourth-order valence-electron chi connectivity index (χ4n) is 5.48. The van der Waals surface area contributed by atoms with E-state index in [0.29, 0.717) is 31.0 Å². The van der Waals surface area contributed by atoms with Crippen LogP contribution in [0.2, 0.25) is 0 Å². The Balaban J connectivity index is 1.47. The second kappa shape index (κ2) is 10.8. The summed E-state index contributed by atoms with van der Waals surface area (Å²) in [5.74, 6) is 0.655. The van der Waals surface area contributed by atoms with E-state index in [2.05, 4.69) is 55.9 Å². The zero-order chi connectivity index (χ0) is 25.2. The SMILES string of the molecule is Cc1ccc2[nH]c(=O)c([C@H](c3nnnn3C[C@H]3CCCO3)N(Cc3cccs3)C[C@H]3CCCO3)cc2c1. The van der Waals surface area contributed by atoms with E-state index >= 15 is 0 Å². The lowest BCUT2D eigenvalue weighted by Gasteiger charge is -2.32. The molecule has 1 N–H and O–H groups in total. The predicted octanol–water partition coefficient (Wildman–Crippen LogP) is 3.83. The lowest BCUT2D eigenvalue weighted by Crippen LogP contribution is -2.39. The van der Waals surface area contributed by atoms with E-state index in [0.717, 1.165) is 55.4 Å². The lowest BCUT2D eigenvalue weighted by atomic mass is 10.0. The number of hydrogen-bond acceptors (Lipinski definition) is 8. The molecule has 0 radical (unpaired) electrons. The van der Waals surface area contributed by atoms with Crippen LogP contribution in [-0.4, -0.2) is 62.1 Å². The van der Waals surface area contributed by atoms with Gasteiger partial charge in [-0.3, -0.25) is 9.69 Å². The largest absolute Gasteiger partial charge is 0.377 e. The van der Waals surface area contributed by atoms with Crippen LogP contribution in [0.25, 0.3) is 10.9 Å². The molecule has 0 aliphatic carbocycles. The van der Waals surface area contributed by atoms with Gasteiger partial charge in [-0.25, -0.2) is 4.68 Å². The first-order valence-electron chi connectivity index (χ1n) is 13.0. The van der Waals surface area contributed by atoms with Crippen molar-refractivity contribution in [2.24, 2.45) is 0 Å². The first-order valence-corrected chi connectivity index (χ1v) is 13.9. The predicted molar refractivity (Wildman–Crippen MR) is 142 cm³/mol. The Morgan fingerprint density at radius 3 is 2.76 bits per heavy atom. The summed E-state index contributed by atoms with van der Waals surface area (Å²) < 4.78 is 13.8. The van der Waals surface area contributed by atoms with Crippen molar-refractivity contribution in [3.63, 3.8) is 0 Å². The number of nitrogens with one attached hydrogen (secondary N) is 1. The molecule has 9 nitrogen and oxygen atoms in total. The summed E-state index contributed by atoms with van der Waals surface area (Å²) in [6.07, 6.45) is 4.25. The number of tetrazole rings is 1. The number of fused-ring (bicyclic) bond motifs is 1. The first-order chi connectivity index (χ1) is 18.1. The molecule has 0 bridgehead atoms. The Hall–Kier alpha value is -2.92. The maximum Gasteiger partial charge on any atom is 0.253 e. The van der Waals surface area contributed by atoms with Crippen molar-refractivity contribution in [3.8, 4) is 0 Å². The number of benzene rings is 1. The molecule has 3 atom stereocenters. The second-order valence-corrected chi connectivity index (χ2v) is 11.1. The van der Waals surface area contributed by atoms with Gasteiger partial charge >= 0.3 is 0 Å². The van der Waals surface area contributed by atoms with Crippen LogP contribution in [0, 0.1) is 6.92 Å². The van der Waals surface area contributed by atoms with Gasteiger partial charge in [-0.05, 0) is 78.1 Å². The van der Waals surface area contributed by atoms with Gasteiger partial charge in [0.2, 0.25) is 0 Å². The van der Waals surface area contributed by atoms with Gasteiger partial charge in [0, 0.05) is 42.3 Å². The zero-order valence-corrected chi connectivity index (χ0v) is 21.8. The number of H-pyrrole nitrogens is 1. The maximum atomic E-state index is 13.6. The molecule has 0 unspecified atom stereocenters. The Labute approximate surface area is 219 Å². The highest BCUT2D eigenvalue weighted by Gasteiger charge is 2.34. The maximum absolute atomic E-state index is 13.6. The van der Waals surface area contributed by atoms with Gasteiger partial charge in [-0.1, -0.05) is 17.7 Å². The van der Waals surface area contributed by atoms with Crippen LogP contribution < -0.4 is 5.56 Å². The van der Waals surface area contributed by atoms with Crippen LogP contribution in [0.1, 0.15) is 53.6 Å². The molecular formula is C27H32N6O3S. The minimum Gasteiger partial charge on any atom is -0.377 e. The molecule has 5 heterocycles. The summed E-state index contributed by atoms with van der Waals surface area (Å²) in [6, 6.07) is 11.8. The molecule has 2 saturated heterocycles. The summed E-state index contributed by atoms with van der Waals surface area (Å²) in [5, 5.41) is 16.0. The normalized spacial score (nSPS) is 20.8. The molecule has 3 aromatic heterocycles. The van der Waals surface area contributed by atoms with E-state index < -0.39 is 6.04 Å². The fourth-order valence-corrected chi connectivity index (χ4v) is 6.21. The molecule has 10 heteroatoms. The number of ether oxygens (including phenoxy) is 2. The van der Waals surface area contributed by atoms with Crippen molar-refractivity contribution in [3.05, 3.63) is 74.0 Å². The number of pyridine rings is 1. The number of aromatic amines is 1. The van der Waals surface area contributed by atoms with Gasteiger partial charge in [0.05, 0.1) is 18.8 Å². The van der Waals surface area contributed by atoms with E-state index in [9.17, 15) is 4.79 Å². The van der Waals surface area contributed by atoms with Crippen LogP contribution in [0.5, 0.6) is 0 Å². The molecule has 0 saturated carbocycles. The summed E-state index contributed by atoms with van der Waals surface area (Å²) in [4.78, 5) is 20.3. The fraction of sp³-hybridized carbons (Fsp3) is 0.481. The third-order valence-corrected chi connectivity index (χ3v) is 8.16. The topological polar surface area (TPSA) is 98.2 Å². The van der Waals surface area contributed by atoms with Crippen molar-refractivity contribution >= 4 is 22.2 Å². The number of thiophene rings is 1. The van der Waals surface area contributed by atoms with Crippen molar-refractivity contribution < 1.29 is 9.47 Å². The van der Waals surface area contributed by atoms with Gasteiger partial charge in [-0.15, -0.1) is 16.4 Å². The molecule has 0 spiro atoms. The highest BCUT2D eigenvalue weighted by atomic mass is 32.1. The lowest BCUT2D eigenvalue weighted by molar-refractivity contribution is 0.0559. The third-order valence-electron chi connectivity index (χ3n) is 7.29. The van der Waals surface area contributed by atoms with Crippen LogP contribution in [0.4, 0.5) is 0 Å². The summed E-state index contributed by atoms with van der Waals surface area (Å²) >= 11 is 1.71. The Morgan fingerprint density at radius 1 is 1.16 bits per heavy atom. The highest BCUT2D eigenvalue weighted by Crippen LogP contribution is 2.31. The minimum atomic E-state index is -0.448. The van der Waals surface area contributed by atoms with Crippen molar-refractivity contribution in [1.82, 2.24) is 30.1 Å². The molecule has 37 heavy (non-hydrogen) atoms. The molecule has 6 rings (SSSR count). The molecule has 1 aromatic carbocycles. The van der Waals surface area contributed by atoms with Crippen LogP contribution in [0.3, 0.4) is 0 Å². The standard InChI is InChI=1S/C27H32N6O3S/c1-18-8-9-24-19(13-18)14-23(27(34)28-24)25(26-29-30-31-33(26)16-21-6-3-11-36-21)32(15-20-5-2-10-35-20)17-22-7-4-12-37-22/h4,7-9,12-14,20-21,25H,2-3,5-6,10-11,15-17H2,1H3,(H,28,34)/t20-,21-,25-/m1/s1. The monoisotopic (exact) mass is 520 g/mol. The van der Waals surface area contributed by atoms with E-state index in [1.165, 1.54) is 4.88 Å². The van der Waals surface area contributed by atoms with Gasteiger partial charge in [0.1, 0.15) is 6.04 Å². The van der Waals surface area contributed by atoms with Gasteiger partial charge in [0.15, 0.2) is 5.82 Å². The molecular weight excluding hydrogens is 488 g/mol. The van der Waals surface area contributed by atoms with Crippen molar-refractivity contribution in [2.45, 2.75) is 63.9 Å². The van der Waals surface area contributed by atoms with E-state index in [-0.39, 0.29) is 17.8 Å². The average Bonchev–Trinajstić information content (AvgIpc) is 3.70. The van der Waals surface area contributed by atoms with Gasteiger partial charge in [-0.2, -0.15) is 0 Å². The Bertz CT molecular complexity index is 1390. The number of hydrogen-bond donors (Lipinski definition) is 1. The highest BCUT2D eigenvalue weighted by molar-refractivity contribution is 7.09. The number of rotatable bonds is 9. The Kier molecular flexibility index (Phi) is 7.14. The van der Waals surface area contributed by atoms with Crippen LogP contribution >= 0.6 is 11.3 Å². The number of aromatic nitrogens is 5. The Morgan fingerprint density at radius 2 is 2.00 bits per heavy atom. The van der Waals surface area contributed by atoms with E-state index in [4.69, 9.17) is 9.47 Å². The smallest absolute Gasteiger partial charge is 0.253 e. The first kappa shape index (κ1) is 24.4. The second-order valence-electron chi connectivity index (χ2n) is 10.0. The van der Waals surface area contributed by atoms with Crippen LogP contribution in [0.15, 0.2) is 46.6 Å². The summed E-state index contributed by atoms with van der Waals surface area (Å²) in [6.45, 7) is 5.51. The zero-order valence-electron chi connectivity index (χ0n) is 21.0. The van der Waals surface area contributed by atoms with Gasteiger partial charge < -0.3 is 14.5 Å². The molecule has 0 amide bonds. The summed E-state index contributed by atoms with van der Waals surface area (Å²) in [7, 11) is 0.